The van der Waals surface area contributed by atoms with E-state index in [1.165, 1.54) is 39.1 Å². The monoisotopic (exact) mass is 465 g/mol. The maximum atomic E-state index is 12.5. The van der Waals surface area contributed by atoms with Crippen molar-refractivity contribution in [2.24, 2.45) is 0 Å². The molecular weight excluding hydrogens is 442 g/mol. The van der Waals surface area contributed by atoms with Crippen LogP contribution in [0.3, 0.4) is 0 Å². The van der Waals surface area contributed by atoms with Gasteiger partial charge in [-0.05, 0) is 47.7 Å². The second-order valence-corrected chi connectivity index (χ2v) is 10.7. The Morgan fingerprint density at radius 1 is 1.12 bits per heavy atom. The molecule has 0 aliphatic rings. The van der Waals surface area contributed by atoms with Crippen LogP contribution >= 0.6 is 23.1 Å². The third-order valence-electron chi connectivity index (χ3n) is 4.86. The van der Waals surface area contributed by atoms with E-state index in [1.807, 2.05) is 43.3 Å². The number of hydrogen-bond acceptors (Lipinski definition) is 7. The van der Waals surface area contributed by atoms with Crippen LogP contribution in [0.5, 0.6) is 0 Å². The molecule has 9 heteroatoms. The number of aromatic nitrogens is 4. The Morgan fingerprint density at radius 2 is 1.88 bits per heavy atom. The SMILES string of the molecule is Cc1ccn2c(=O)cc(CSc3nnc(NC(=O)c4ccc(C(C)(C)C)cc4)s3)nc2c1. The summed E-state index contributed by atoms with van der Waals surface area (Å²) in [6, 6.07) is 12.9. The van der Waals surface area contributed by atoms with E-state index in [4.69, 9.17) is 0 Å². The molecule has 0 atom stereocenters. The first-order chi connectivity index (χ1) is 15.2. The smallest absolute Gasteiger partial charge is 0.258 e. The first-order valence-corrected chi connectivity index (χ1v) is 11.9. The van der Waals surface area contributed by atoms with Crippen molar-refractivity contribution in [1.29, 1.82) is 0 Å². The van der Waals surface area contributed by atoms with Crippen molar-refractivity contribution >= 4 is 39.8 Å². The zero-order valence-electron chi connectivity index (χ0n) is 18.2. The minimum atomic E-state index is -0.224. The third-order valence-corrected chi connectivity index (χ3v) is 6.86. The van der Waals surface area contributed by atoms with Gasteiger partial charge in [0.1, 0.15) is 5.65 Å². The van der Waals surface area contributed by atoms with E-state index < -0.39 is 0 Å². The summed E-state index contributed by atoms with van der Waals surface area (Å²) in [6.07, 6.45) is 1.73. The molecule has 0 bridgehead atoms. The molecule has 1 amide bonds. The molecule has 0 saturated heterocycles. The average molecular weight is 466 g/mol. The number of carbonyl (C=O) groups excluding carboxylic acids is 1. The fraction of sp³-hybridized carbons (Fsp3) is 0.261. The number of amides is 1. The number of nitrogens with one attached hydrogen (secondary N) is 1. The maximum Gasteiger partial charge on any atom is 0.258 e. The Balaban J connectivity index is 1.40. The lowest BCUT2D eigenvalue weighted by Gasteiger charge is -2.18. The zero-order chi connectivity index (χ0) is 22.9. The molecule has 1 aromatic carbocycles. The number of nitrogens with zero attached hydrogens (tertiary/aromatic N) is 4. The molecule has 164 valence electrons. The lowest BCUT2D eigenvalue weighted by atomic mass is 9.87. The minimum Gasteiger partial charge on any atom is -0.296 e. The number of aryl methyl sites for hydroxylation is 1. The highest BCUT2D eigenvalue weighted by Crippen LogP contribution is 2.28. The number of pyridine rings is 1. The van der Waals surface area contributed by atoms with E-state index in [0.29, 0.717) is 32.1 Å². The highest BCUT2D eigenvalue weighted by atomic mass is 32.2. The van der Waals surface area contributed by atoms with Gasteiger partial charge in [-0.25, -0.2) is 4.98 Å². The van der Waals surface area contributed by atoms with Crippen molar-refractivity contribution in [3.63, 3.8) is 0 Å². The fourth-order valence-electron chi connectivity index (χ4n) is 3.07. The van der Waals surface area contributed by atoms with Crippen LogP contribution in [-0.4, -0.2) is 25.5 Å². The molecule has 0 spiro atoms. The largest absolute Gasteiger partial charge is 0.296 e. The van der Waals surface area contributed by atoms with Crippen LogP contribution in [0.2, 0.25) is 0 Å². The van der Waals surface area contributed by atoms with Gasteiger partial charge in [0, 0.05) is 23.6 Å². The molecule has 0 saturated carbocycles. The molecule has 0 unspecified atom stereocenters. The topological polar surface area (TPSA) is 89.3 Å². The van der Waals surface area contributed by atoms with E-state index in [1.54, 1.807) is 6.20 Å². The predicted molar refractivity (Wildman–Crippen MR) is 129 cm³/mol. The number of thioether (sulfide) groups is 1. The number of rotatable bonds is 5. The average Bonchev–Trinajstić information content (AvgIpc) is 3.18. The minimum absolute atomic E-state index is 0.0324. The van der Waals surface area contributed by atoms with Crippen LogP contribution in [0, 0.1) is 6.92 Å². The van der Waals surface area contributed by atoms with Crippen LogP contribution in [-0.2, 0) is 11.2 Å². The molecule has 3 aromatic heterocycles. The number of hydrogen-bond donors (Lipinski definition) is 1. The number of carbonyl (C=O) groups is 1. The summed E-state index contributed by atoms with van der Waals surface area (Å²) in [5.74, 6) is 0.258. The van der Waals surface area contributed by atoms with Crippen molar-refractivity contribution in [3.05, 3.63) is 81.4 Å². The van der Waals surface area contributed by atoms with Gasteiger partial charge in [0.25, 0.3) is 11.5 Å². The predicted octanol–water partition coefficient (Wildman–Crippen LogP) is 4.70. The summed E-state index contributed by atoms with van der Waals surface area (Å²) < 4.78 is 2.21. The van der Waals surface area contributed by atoms with Gasteiger partial charge in [0.05, 0.1) is 5.69 Å². The molecule has 4 rings (SSSR count). The summed E-state index contributed by atoms with van der Waals surface area (Å²) in [6.45, 7) is 8.36. The Labute approximate surface area is 193 Å². The van der Waals surface area contributed by atoms with Crippen molar-refractivity contribution in [2.45, 2.75) is 43.2 Å². The molecular formula is C23H23N5O2S2. The quantitative estimate of drug-likeness (QED) is 0.340. The van der Waals surface area contributed by atoms with Gasteiger partial charge < -0.3 is 0 Å². The molecule has 32 heavy (non-hydrogen) atoms. The van der Waals surface area contributed by atoms with E-state index in [2.05, 4.69) is 41.3 Å². The number of benzene rings is 1. The first-order valence-electron chi connectivity index (χ1n) is 10.1. The summed E-state index contributed by atoms with van der Waals surface area (Å²) in [4.78, 5) is 29.4. The number of anilines is 1. The van der Waals surface area contributed by atoms with Gasteiger partial charge in [-0.1, -0.05) is 56.0 Å². The van der Waals surface area contributed by atoms with Crippen LogP contribution in [0.1, 0.15) is 48.0 Å². The molecule has 4 aromatic rings. The van der Waals surface area contributed by atoms with E-state index in [0.717, 1.165) is 5.56 Å². The molecule has 1 N–H and O–H groups in total. The Kier molecular flexibility index (Phi) is 6.12. The van der Waals surface area contributed by atoms with Crippen LogP contribution in [0.4, 0.5) is 5.13 Å². The second-order valence-electron chi connectivity index (χ2n) is 8.46. The highest BCUT2D eigenvalue weighted by molar-refractivity contribution is 8.00. The summed E-state index contributed by atoms with van der Waals surface area (Å²) in [7, 11) is 0. The first kappa shape index (κ1) is 22.2. The van der Waals surface area contributed by atoms with E-state index in [9.17, 15) is 9.59 Å². The highest BCUT2D eigenvalue weighted by Gasteiger charge is 2.15. The van der Waals surface area contributed by atoms with Gasteiger partial charge in [-0.3, -0.25) is 19.3 Å². The lowest BCUT2D eigenvalue weighted by Crippen LogP contribution is -2.15. The third kappa shape index (κ3) is 5.05. The van der Waals surface area contributed by atoms with Gasteiger partial charge in [0.15, 0.2) is 4.34 Å². The van der Waals surface area contributed by atoms with Crippen molar-refractivity contribution in [1.82, 2.24) is 19.6 Å². The summed E-state index contributed by atoms with van der Waals surface area (Å²) in [5.41, 5.74) is 3.98. The normalized spacial score (nSPS) is 11.6. The standard InChI is InChI=1S/C23H23N5O2S2/c1-14-9-10-28-18(11-14)24-17(12-19(28)29)13-31-22-27-26-21(32-22)25-20(30)15-5-7-16(8-6-15)23(2,3)4/h5-12H,13H2,1-4H3,(H,25,26,30). The van der Waals surface area contributed by atoms with E-state index >= 15 is 0 Å². The second kappa shape index (κ2) is 8.84. The van der Waals surface area contributed by atoms with Gasteiger partial charge in [-0.15, -0.1) is 10.2 Å². The summed E-state index contributed by atoms with van der Waals surface area (Å²) >= 11 is 2.72. The molecule has 0 fully saturated rings. The van der Waals surface area contributed by atoms with E-state index in [-0.39, 0.29) is 16.9 Å². The molecule has 0 aliphatic heterocycles. The maximum absolute atomic E-state index is 12.5. The molecule has 0 radical (unpaired) electrons. The van der Waals surface area contributed by atoms with Crippen LogP contribution in [0.25, 0.3) is 5.65 Å². The summed E-state index contributed by atoms with van der Waals surface area (Å²) in [5, 5.41) is 11.4. The Hall–Kier alpha value is -3.04. The van der Waals surface area contributed by atoms with Crippen molar-refractivity contribution < 1.29 is 4.79 Å². The molecule has 0 aliphatic carbocycles. The lowest BCUT2D eigenvalue weighted by molar-refractivity contribution is 0.102. The zero-order valence-corrected chi connectivity index (χ0v) is 19.9. The van der Waals surface area contributed by atoms with Crippen molar-refractivity contribution in [2.75, 3.05) is 5.32 Å². The van der Waals surface area contributed by atoms with Crippen molar-refractivity contribution in [3.8, 4) is 0 Å². The fourth-order valence-corrected chi connectivity index (χ4v) is 4.71. The van der Waals surface area contributed by atoms with Gasteiger partial charge in [-0.2, -0.15) is 0 Å². The molecule has 7 nitrogen and oxygen atoms in total. The van der Waals surface area contributed by atoms with Gasteiger partial charge in [0.2, 0.25) is 5.13 Å². The Bertz CT molecular complexity index is 1340. The molecule has 3 heterocycles. The Morgan fingerprint density at radius 3 is 2.59 bits per heavy atom. The van der Waals surface area contributed by atoms with Crippen LogP contribution < -0.4 is 10.9 Å². The number of fused-ring (bicyclic) bond motifs is 1. The van der Waals surface area contributed by atoms with Gasteiger partial charge >= 0.3 is 0 Å². The van der Waals surface area contributed by atoms with Crippen LogP contribution in [0.15, 0.2) is 57.8 Å².